The largest absolute Gasteiger partial charge is 0.349 e. The van der Waals surface area contributed by atoms with Gasteiger partial charge in [-0.3, -0.25) is 9.78 Å². The molecule has 2 aromatic rings. The van der Waals surface area contributed by atoms with E-state index in [0.29, 0.717) is 31.8 Å². The van der Waals surface area contributed by atoms with Crippen LogP contribution in [0, 0.1) is 11.8 Å². The molecule has 1 aliphatic carbocycles. The lowest BCUT2D eigenvalue weighted by Crippen LogP contribution is -2.44. The van der Waals surface area contributed by atoms with E-state index in [0.717, 1.165) is 18.4 Å². The number of carbonyl (C=O) groups excluding carboxylic acids is 1. The third kappa shape index (κ3) is 4.10. The van der Waals surface area contributed by atoms with E-state index >= 15 is 0 Å². The summed E-state index contributed by atoms with van der Waals surface area (Å²) >= 11 is 0. The van der Waals surface area contributed by atoms with Gasteiger partial charge in [0.15, 0.2) is 0 Å². The van der Waals surface area contributed by atoms with Crippen LogP contribution >= 0.6 is 0 Å². The average Bonchev–Trinajstić information content (AvgIpc) is 3.58. The maximum atomic E-state index is 12.9. The smallest absolute Gasteiger partial charge is 0.244 e. The van der Waals surface area contributed by atoms with Gasteiger partial charge in [-0.2, -0.15) is 4.31 Å². The average molecular weight is 400 g/mol. The quantitative estimate of drug-likeness (QED) is 0.810. The molecule has 1 aromatic carbocycles. The van der Waals surface area contributed by atoms with Crippen LogP contribution in [0.5, 0.6) is 0 Å². The van der Waals surface area contributed by atoms with E-state index in [1.54, 1.807) is 18.3 Å². The fourth-order valence-corrected chi connectivity index (χ4v) is 5.28. The van der Waals surface area contributed by atoms with Crippen molar-refractivity contribution < 1.29 is 13.2 Å². The predicted molar refractivity (Wildman–Crippen MR) is 106 cm³/mol. The van der Waals surface area contributed by atoms with Gasteiger partial charge in [0.05, 0.1) is 6.04 Å². The molecule has 148 valence electrons. The first kappa shape index (κ1) is 19.1. The van der Waals surface area contributed by atoms with Crippen molar-refractivity contribution >= 4 is 15.9 Å². The molecule has 2 fully saturated rings. The highest BCUT2D eigenvalue weighted by atomic mass is 32.2. The summed E-state index contributed by atoms with van der Waals surface area (Å²) < 4.78 is 26.9. The number of nitrogens with one attached hydrogen (secondary N) is 1. The normalized spacial score (nSPS) is 19.9. The molecule has 2 aliphatic rings. The van der Waals surface area contributed by atoms with Gasteiger partial charge in [0.2, 0.25) is 15.9 Å². The number of piperidine rings is 1. The molecule has 1 amide bonds. The highest BCUT2D eigenvalue weighted by molar-refractivity contribution is 7.89. The fraction of sp³-hybridized carbons (Fsp3) is 0.429. The Labute approximate surface area is 166 Å². The zero-order valence-electron chi connectivity index (χ0n) is 15.7. The minimum Gasteiger partial charge on any atom is -0.349 e. The van der Waals surface area contributed by atoms with Gasteiger partial charge in [0.25, 0.3) is 0 Å². The molecule has 0 unspecified atom stereocenters. The SMILES string of the molecule is O=C(N[C@H](c1ccccc1)C1CC1)C1CCN(S(=O)(=O)c2cccnc2)CC1. The molecule has 6 nitrogen and oxygen atoms in total. The lowest BCUT2D eigenvalue weighted by atomic mass is 9.95. The Morgan fingerprint density at radius 2 is 1.75 bits per heavy atom. The van der Waals surface area contributed by atoms with Gasteiger partial charge in [-0.05, 0) is 49.3 Å². The number of pyridine rings is 1. The van der Waals surface area contributed by atoms with Crippen LogP contribution in [0.3, 0.4) is 0 Å². The van der Waals surface area contributed by atoms with Gasteiger partial charge in [0, 0.05) is 31.4 Å². The Bertz CT molecular complexity index is 906. The summed E-state index contributed by atoms with van der Waals surface area (Å²) in [6.45, 7) is 0.712. The van der Waals surface area contributed by atoms with E-state index in [1.807, 2.05) is 18.2 Å². The van der Waals surface area contributed by atoms with Gasteiger partial charge in [0.1, 0.15) is 4.90 Å². The van der Waals surface area contributed by atoms with Crippen LogP contribution in [0.1, 0.15) is 37.3 Å². The number of amides is 1. The first-order valence-electron chi connectivity index (χ1n) is 9.81. The van der Waals surface area contributed by atoms with Gasteiger partial charge in [-0.15, -0.1) is 0 Å². The molecule has 28 heavy (non-hydrogen) atoms. The van der Waals surface area contributed by atoms with Crippen molar-refractivity contribution in [1.29, 1.82) is 0 Å². The third-order valence-corrected chi connectivity index (χ3v) is 7.53. The van der Waals surface area contributed by atoms with E-state index < -0.39 is 10.0 Å². The van der Waals surface area contributed by atoms with Crippen molar-refractivity contribution in [2.75, 3.05) is 13.1 Å². The Hall–Kier alpha value is -2.25. The minimum atomic E-state index is -3.54. The van der Waals surface area contributed by atoms with E-state index in [2.05, 4.69) is 22.4 Å². The second-order valence-electron chi connectivity index (χ2n) is 7.60. The molecule has 4 rings (SSSR count). The molecule has 1 aromatic heterocycles. The molecule has 7 heteroatoms. The summed E-state index contributed by atoms with van der Waals surface area (Å²) in [6, 6.07) is 13.3. The molecule has 0 spiro atoms. The van der Waals surface area contributed by atoms with Crippen LogP contribution in [0.4, 0.5) is 0 Å². The van der Waals surface area contributed by atoms with Crippen LogP contribution in [0.2, 0.25) is 0 Å². The molecular formula is C21H25N3O3S. The Kier molecular flexibility index (Phi) is 5.46. The summed E-state index contributed by atoms with van der Waals surface area (Å²) in [6.07, 6.45) is 6.28. The van der Waals surface area contributed by atoms with Crippen LogP contribution in [0.15, 0.2) is 59.8 Å². The van der Waals surface area contributed by atoms with E-state index in [1.165, 1.54) is 10.5 Å². The van der Waals surface area contributed by atoms with Crippen molar-refractivity contribution in [2.24, 2.45) is 11.8 Å². The number of rotatable bonds is 6. The zero-order valence-corrected chi connectivity index (χ0v) is 16.5. The van der Waals surface area contributed by atoms with Crippen molar-refractivity contribution in [3.05, 3.63) is 60.4 Å². The first-order valence-corrected chi connectivity index (χ1v) is 11.3. The highest BCUT2D eigenvalue weighted by Crippen LogP contribution is 2.41. The van der Waals surface area contributed by atoms with E-state index in [4.69, 9.17) is 0 Å². The van der Waals surface area contributed by atoms with Gasteiger partial charge >= 0.3 is 0 Å². The second kappa shape index (κ2) is 8.01. The number of hydrogen-bond acceptors (Lipinski definition) is 4. The molecular weight excluding hydrogens is 374 g/mol. The fourth-order valence-electron chi connectivity index (χ4n) is 3.84. The maximum Gasteiger partial charge on any atom is 0.244 e. The number of sulfonamides is 1. The Morgan fingerprint density at radius 1 is 1.04 bits per heavy atom. The highest BCUT2D eigenvalue weighted by Gasteiger charge is 2.36. The molecule has 2 heterocycles. The maximum absolute atomic E-state index is 12.9. The number of nitrogens with zero attached hydrogens (tertiary/aromatic N) is 2. The van der Waals surface area contributed by atoms with E-state index in [-0.39, 0.29) is 22.8 Å². The monoisotopic (exact) mass is 399 g/mol. The molecule has 0 radical (unpaired) electrons. The number of benzene rings is 1. The predicted octanol–water partition coefficient (Wildman–Crippen LogP) is 2.75. The summed E-state index contributed by atoms with van der Waals surface area (Å²) in [5.41, 5.74) is 1.15. The summed E-state index contributed by atoms with van der Waals surface area (Å²) in [7, 11) is -3.54. The van der Waals surface area contributed by atoms with Crippen LogP contribution < -0.4 is 5.32 Å². The topological polar surface area (TPSA) is 79.4 Å². The standard InChI is InChI=1S/C21H25N3O3S/c25-21(23-20(17-8-9-17)16-5-2-1-3-6-16)18-10-13-24(14-11-18)28(26,27)19-7-4-12-22-15-19/h1-7,12,15,17-18,20H,8-11,13-14H2,(H,23,25)/t20-/m1/s1. The molecule has 1 aliphatic heterocycles. The van der Waals surface area contributed by atoms with Crippen molar-refractivity contribution in [1.82, 2.24) is 14.6 Å². The third-order valence-electron chi connectivity index (χ3n) is 5.65. The van der Waals surface area contributed by atoms with Crippen LogP contribution in [0.25, 0.3) is 0 Å². The zero-order chi connectivity index (χ0) is 19.6. The second-order valence-corrected chi connectivity index (χ2v) is 9.54. The van der Waals surface area contributed by atoms with Crippen molar-refractivity contribution in [3.63, 3.8) is 0 Å². The summed E-state index contributed by atoms with van der Waals surface area (Å²) in [4.78, 5) is 17.0. The number of carbonyl (C=O) groups is 1. The number of aromatic nitrogens is 1. The van der Waals surface area contributed by atoms with Crippen molar-refractivity contribution in [2.45, 2.75) is 36.6 Å². The van der Waals surface area contributed by atoms with E-state index in [9.17, 15) is 13.2 Å². The number of hydrogen-bond donors (Lipinski definition) is 1. The lowest BCUT2D eigenvalue weighted by Gasteiger charge is -2.31. The summed E-state index contributed by atoms with van der Waals surface area (Å²) in [5, 5.41) is 3.23. The lowest BCUT2D eigenvalue weighted by molar-refractivity contribution is -0.127. The minimum absolute atomic E-state index is 0.0409. The van der Waals surface area contributed by atoms with Crippen molar-refractivity contribution in [3.8, 4) is 0 Å². The molecule has 1 N–H and O–H groups in total. The molecule has 1 saturated carbocycles. The first-order chi connectivity index (χ1) is 13.6. The van der Waals surface area contributed by atoms with Crippen LogP contribution in [-0.4, -0.2) is 36.7 Å². The summed E-state index contributed by atoms with van der Waals surface area (Å²) in [5.74, 6) is 0.405. The van der Waals surface area contributed by atoms with Gasteiger partial charge < -0.3 is 5.32 Å². The molecule has 0 bridgehead atoms. The molecule has 1 saturated heterocycles. The van der Waals surface area contributed by atoms with Crippen LogP contribution in [-0.2, 0) is 14.8 Å². The Morgan fingerprint density at radius 3 is 2.36 bits per heavy atom. The van der Waals surface area contributed by atoms with Gasteiger partial charge in [-0.25, -0.2) is 8.42 Å². The Balaban J connectivity index is 1.38. The van der Waals surface area contributed by atoms with Gasteiger partial charge in [-0.1, -0.05) is 30.3 Å². The molecule has 1 atom stereocenters.